The van der Waals surface area contributed by atoms with Crippen molar-refractivity contribution in [3.63, 3.8) is 0 Å². The van der Waals surface area contributed by atoms with Gasteiger partial charge in [-0.2, -0.15) is 0 Å². The summed E-state index contributed by atoms with van der Waals surface area (Å²) >= 11 is 9.26. The van der Waals surface area contributed by atoms with E-state index in [1.54, 1.807) is 6.92 Å². The zero-order valence-corrected chi connectivity index (χ0v) is 13.2. The lowest BCUT2D eigenvalue weighted by molar-refractivity contribution is -0.0140. The molecule has 0 unspecified atom stereocenters. The molecule has 2 atom stereocenters. The van der Waals surface area contributed by atoms with Gasteiger partial charge in [-0.05, 0) is 25.0 Å². The SMILES string of the molecule is Cc1c(Br)cc(C(=O)N[C@H]2COCC[C@@H]2O)c(O)c1Cl. The highest BCUT2D eigenvalue weighted by molar-refractivity contribution is 9.10. The molecule has 110 valence electrons. The number of halogens is 2. The number of hydrogen-bond acceptors (Lipinski definition) is 4. The number of ether oxygens (including phenoxy) is 1. The van der Waals surface area contributed by atoms with E-state index in [0.717, 1.165) is 0 Å². The largest absolute Gasteiger partial charge is 0.506 e. The lowest BCUT2D eigenvalue weighted by atomic mass is 10.1. The van der Waals surface area contributed by atoms with Gasteiger partial charge in [-0.3, -0.25) is 4.79 Å². The van der Waals surface area contributed by atoms with E-state index in [1.807, 2.05) is 0 Å². The first kappa shape index (κ1) is 15.6. The van der Waals surface area contributed by atoms with Gasteiger partial charge in [0.25, 0.3) is 5.91 Å². The molecule has 1 aromatic carbocycles. The Hall–Kier alpha value is -0.820. The van der Waals surface area contributed by atoms with Crippen LogP contribution in [0.2, 0.25) is 5.02 Å². The molecule has 20 heavy (non-hydrogen) atoms. The van der Waals surface area contributed by atoms with Crippen LogP contribution in [-0.2, 0) is 4.74 Å². The zero-order chi connectivity index (χ0) is 14.9. The summed E-state index contributed by atoms with van der Waals surface area (Å²) < 4.78 is 5.84. The van der Waals surface area contributed by atoms with Crippen molar-refractivity contribution >= 4 is 33.4 Å². The number of nitrogens with one attached hydrogen (secondary N) is 1. The van der Waals surface area contributed by atoms with Gasteiger partial charge in [0.15, 0.2) is 0 Å². The number of carbonyl (C=O) groups excluding carboxylic acids is 1. The second kappa shape index (κ2) is 6.30. The van der Waals surface area contributed by atoms with Crippen LogP contribution in [-0.4, -0.2) is 41.5 Å². The van der Waals surface area contributed by atoms with E-state index in [9.17, 15) is 15.0 Å². The number of phenolic OH excluding ortho intramolecular Hbond substituents is 1. The van der Waals surface area contributed by atoms with Crippen LogP contribution in [0.5, 0.6) is 5.75 Å². The molecule has 0 aromatic heterocycles. The molecule has 1 aromatic rings. The number of aliphatic hydroxyl groups is 1. The summed E-state index contributed by atoms with van der Waals surface area (Å²) in [6, 6.07) is 1.01. The van der Waals surface area contributed by atoms with E-state index in [1.165, 1.54) is 6.07 Å². The van der Waals surface area contributed by atoms with Gasteiger partial charge in [0.05, 0.1) is 29.3 Å². The van der Waals surface area contributed by atoms with Gasteiger partial charge >= 0.3 is 0 Å². The smallest absolute Gasteiger partial charge is 0.255 e. The van der Waals surface area contributed by atoms with Crippen molar-refractivity contribution in [2.24, 2.45) is 0 Å². The normalized spacial score (nSPS) is 22.6. The molecule has 1 saturated heterocycles. The highest BCUT2D eigenvalue weighted by atomic mass is 79.9. The fourth-order valence-corrected chi connectivity index (χ4v) is 2.73. The Morgan fingerprint density at radius 1 is 1.60 bits per heavy atom. The van der Waals surface area contributed by atoms with Crippen LogP contribution in [0.3, 0.4) is 0 Å². The molecule has 0 spiro atoms. The van der Waals surface area contributed by atoms with Crippen LogP contribution in [0.4, 0.5) is 0 Å². The van der Waals surface area contributed by atoms with Gasteiger partial charge in [0.2, 0.25) is 0 Å². The quantitative estimate of drug-likeness (QED) is 0.750. The van der Waals surface area contributed by atoms with Crippen molar-refractivity contribution in [1.29, 1.82) is 0 Å². The summed E-state index contributed by atoms with van der Waals surface area (Å²) in [7, 11) is 0. The minimum Gasteiger partial charge on any atom is -0.506 e. The van der Waals surface area contributed by atoms with Gasteiger partial charge in [-0.15, -0.1) is 0 Å². The van der Waals surface area contributed by atoms with Gasteiger partial charge in [-0.25, -0.2) is 0 Å². The number of aromatic hydroxyl groups is 1. The van der Waals surface area contributed by atoms with E-state index >= 15 is 0 Å². The van der Waals surface area contributed by atoms with Crippen molar-refractivity contribution in [2.45, 2.75) is 25.5 Å². The Bertz CT molecular complexity index is 538. The van der Waals surface area contributed by atoms with E-state index in [-0.39, 0.29) is 22.9 Å². The maximum Gasteiger partial charge on any atom is 0.255 e. The molecule has 0 bridgehead atoms. The van der Waals surface area contributed by atoms with E-state index in [0.29, 0.717) is 23.1 Å². The first-order valence-corrected chi connectivity index (χ1v) is 7.33. The molecule has 1 aliphatic heterocycles. The second-order valence-electron chi connectivity index (χ2n) is 4.70. The Morgan fingerprint density at radius 2 is 2.30 bits per heavy atom. The van der Waals surface area contributed by atoms with Crippen molar-refractivity contribution in [3.8, 4) is 5.75 Å². The Morgan fingerprint density at radius 3 is 2.95 bits per heavy atom. The van der Waals surface area contributed by atoms with Crippen LogP contribution < -0.4 is 5.32 Å². The highest BCUT2D eigenvalue weighted by Gasteiger charge is 2.27. The Labute approximate surface area is 130 Å². The van der Waals surface area contributed by atoms with Crippen molar-refractivity contribution in [3.05, 3.63) is 26.7 Å². The molecule has 1 fully saturated rings. The first-order valence-electron chi connectivity index (χ1n) is 6.16. The standard InChI is InChI=1S/C13H15BrClNO4/c1-6-8(14)4-7(12(18)11(6)15)13(19)16-9-5-20-3-2-10(9)17/h4,9-10,17-18H,2-3,5H2,1H3,(H,16,19)/t9-,10-/m0/s1. The maximum absolute atomic E-state index is 12.2. The molecule has 1 heterocycles. The first-order chi connectivity index (χ1) is 9.41. The minimum absolute atomic E-state index is 0.0604. The van der Waals surface area contributed by atoms with Crippen LogP contribution in [0, 0.1) is 6.92 Å². The summed E-state index contributed by atoms with van der Waals surface area (Å²) in [5.74, 6) is -0.768. The predicted octanol–water partition coefficient (Wildman–Crippen LogP) is 2.00. The monoisotopic (exact) mass is 363 g/mol. The number of rotatable bonds is 2. The lowest BCUT2D eigenvalue weighted by Gasteiger charge is -2.28. The molecule has 0 aliphatic carbocycles. The summed E-state index contributed by atoms with van der Waals surface area (Å²) in [6.45, 7) is 2.45. The number of hydrogen-bond donors (Lipinski definition) is 3. The number of amides is 1. The van der Waals surface area contributed by atoms with E-state index < -0.39 is 18.1 Å². The van der Waals surface area contributed by atoms with Crippen LogP contribution in [0.1, 0.15) is 22.3 Å². The molecule has 2 rings (SSSR count). The van der Waals surface area contributed by atoms with Crippen LogP contribution in [0.15, 0.2) is 10.5 Å². The van der Waals surface area contributed by atoms with Crippen molar-refractivity contribution in [2.75, 3.05) is 13.2 Å². The topological polar surface area (TPSA) is 78.8 Å². The van der Waals surface area contributed by atoms with Gasteiger partial charge in [0.1, 0.15) is 5.75 Å². The highest BCUT2D eigenvalue weighted by Crippen LogP contribution is 2.35. The zero-order valence-electron chi connectivity index (χ0n) is 10.8. The number of carbonyl (C=O) groups is 1. The second-order valence-corrected chi connectivity index (χ2v) is 5.94. The summed E-state index contributed by atoms with van der Waals surface area (Å²) in [5.41, 5.74) is 0.715. The number of phenols is 1. The van der Waals surface area contributed by atoms with Gasteiger partial charge in [0, 0.05) is 11.1 Å². The predicted molar refractivity (Wildman–Crippen MR) is 78.3 cm³/mol. The van der Waals surface area contributed by atoms with Gasteiger partial charge < -0.3 is 20.3 Å². The molecule has 5 nitrogen and oxygen atoms in total. The number of aliphatic hydroxyl groups excluding tert-OH is 1. The summed E-state index contributed by atoms with van der Waals surface area (Å²) in [4.78, 5) is 12.2. The van der Waals surface area contributed by atoms with Crippen LogP contribution >= 0.6 is 27.5 Å². The average molecular weight is 365 g/mol. The third kappa shape index (κ3) is 3.09. The molecule has 1 amide bonds. The Balaban J connectivity index is 2.21. The lowest BCUT2D eigenvalue weighted by Crippen LogP contribution is -2.49. The molecule has 7 heteroatoms. The maximum atomic E-state index is 12.2. The molecule has 3 N–H and O–H groups in total. The molecule has 1 aliphatic rings. The van der Waals surface area contributed by atoms with Crippen molar-refractivity contribution in [1.82, 2.24) is 5.32 Å². The molecule has 0 radical (unpaired) electrons. The molecule has 0 saturated carbocycles. The van der Waals surface area contributed by atoms with Crippen molar-refractivity contribution < 1.29 is 19.7 Å². The average Bonchev–Trinajstić information content (AvgIpc) is 2.43. The van der Waals surface area contributed by atoms with E-state index in [2.05, 4.69) is 21.2 Å². The summed E-state index contributed by atoms with van der Waals surface area (Å²) in [6.07, 6.45) is -0.186. The van der Waals surface area contributed by atoms with E-state index in [4.69, 9.17) is 16.3 Å². The van der Waals surface area contributed by atoms with Crippen LogP contribution in [0.25, 0.3) is 0 Å². The minimum atomic E-state index is -0.654. The fourth-order valence-electron chi connectivity index (χ4n) is 1.99. The molecular formula is C13H15BrClNO4. The van der Waals surface area contributed by atoms with Gasteiger partial charge in [-0.1, -0.05) is 27.5 Å². The number of benzene rings is 1. The molecular weight excluding hydrogens is 350 g/mol. The summed E-state index contributed by atoms with van der Waals surface area (Å²) in [5, 5.41) is 22.5. The fraction of sp³-hybridized carbons (Fsp3) is 0.462. The third-order valence-electron chi connectivity index (χ3n) is 3.30. The Kier molecular flexibility index (Phi) is 4.90. The third-order valence-corrected chi connectivity index (χ3v) is 4.59.